The van der Waals surface area contributed by atoms with Crippen LogP contribution in [0.1, 0.15) is 0 Å². The van der Waals surface area contributed by atoms with Gasteiger partial charge in [0.25, 0.3) is 11.5 Å². The van der Waals surface area contributed by atoms with Crippen LogP contribution in [0.3, 0.4) is 0 Å². The number of ether oxygens (including phenoxy) is 1. The highest BCUT2D eigenvalue weighted by atomic mass is 35.5. The van der Waals surface area contributed by atoms with E-state index < -0.39 is 11.5 Å². The Hall–Kier alpha value is -3.65. The van der Waals surface area contributed by atoms with Crippen LogP contribution in [-0.2, 0) is 4.79 Å². The van der Waals surface area contributed by atoms with Gasteiger partial charge in [0.2, 0.25) is 0 Å². The number of halogens is 1. The molecule has 140 valence electrons. The van der Waals surface area contributed by atoms with Crippen molar-refractivity contribution in [3.05, 3.63) is 82.5 Å². The van der Waals surface area contributed by atoms with Crippen molar-refractivity contribution in [3.63, 3.8) is 0 Å². The van der Waals surface area contributed by atoms with Gasteiger partial charge in [0, 0.05) is 5.02 Å². The van der Waals surface area contributed by atoms with Crippen LogP contribution >= 0.6 is 11.6 Å². The number of hydrogen-bond donors (Lipinski definition) is 1. The maximum absolute atomic E-state index is 12.6. The molecule has 0 saturated heterocycles. The largest absolute Gasteiger partial charge is 0.484 e. The van der Waals surface area contributed by atoms with E-state index in [4.69, 9.17) is 16.3 Å². The monoisotopic (exact) mass is 395 g/mol. The lowest BCUT2D eigenvalue weighted by Gasteiger charge is -2.09. The van der Waals surface area contributed by atoms with Crippen LogP contribution in [0.25, 0.3) is 16.7 Å². The zero-order chi connectivity index (χ0) is 19.5. The number of benzene rings is 2. The van der Waals surface area contributed by atoms with Gasteiger partial charge in [-0.05, 0) is 30.3 Å². The SMILES string of the molecule is O=C(COc1ccccc1)Nn1cnc2c(cnn2-c2cccc(Cl)c2)c1=O. The van der Waals surface area contributed by atoms with E-state index in [0.29, 0.717) is 22.1 Å². The fourth-order valence-corrected chi connectivity index (χ4v) is 2.80. The third-order valence-corrected chi connectivity index (χ3v) is 4.13. The standard InChI is InChI=1S/C19H14ClN5O3/c20-13-5-4-6-14(9-13)25-18-16(10-22-25)19(27)24(12-21-18)23-17(26)11-28-15-7-2-1-3-8-15/h1-10,12H,11H2,(H,23,26). The predicted octanol–water partition coefficient (Wildman–Crippen LogP) is 2.38. The first kappa shape index (κ1) is 17.7. The van der Waals surface area contributed by atoms with Crippen LogP contribution in [-0.4, -0.2) is 32.0 Å². The predicted molar refractivity (Wildman–Crippen MR) is 104 cm³/mol. The Bertz CT molecular complexity index is 1200. The molecule has 2 aromatic carbocycles. The van der Waals surface area contributed by atoms with Gasteiger partial charge in [-0.15, -0.1) is 0 Å². The molecule has 28 heavy (non-hydrogen) atoms. The summed E-state index contributed by atoms with van der Waals surface area (Å²) in [4.78, 5) is 29.0. The van der Waals surface area contributed by atoms with Crippen LogP contribution in [0.5, 0.6) is 5.75 Å². The lowest BCUT2D eigenvalue weighted by Crippen LogP contribution is -2.35. The molecule has 0 radical (unpaired) electrons. The van der Waals surface area contributed by atoms with E-state index in [9.17, 15) is 9.59 Å². The van der Waals surface area contributed by atoms with Gasteiger partial charge >= 0.3 is 0 Å². The van der Waals surface area contributed by atoms with Gasteiger partial charge in [0.05, 0.1) is 11.9 Å². The molecule has 0 aliphatic carbocycles. The third kappa shape index (κ3) is 3.58. The topological polar surface area (TPSA) is 91.0 Å². The summed E-state index contributed by atoms with van der Waals surface area (Å²) < 4.78 is 7.87. The third-order valence-electron chi connectivity index (χ3n) is 3.90. The number of aromatic nitrogens is 4. The summed E-state index contributed by atoms with van der Waals surface area (Å²) in [5.41, 5.74) is 3.03. The fourth-order valence-electron chi connectivity index (χ4n) is 2.62. The second-order valence-corrected chi connectivity index (χ2v) is 6.27. The van der Waals surface area contributed by atoms with Crippen molar-refractivity contribution in [2.75, 3.05) is 12.0 Å². The lowest BCUT2D eigenvalue weighted by atomic mass is 10.3. The van der Waals surface area contributed by atoms with Gasteiger partial charge < -0.3 is 4.74 Å². The summed E-state index contributed by atoms with van der Waals surface area (Å²) in [6.07, 6.45) is 2.63. The molecule has 0 fully saturated rings. The number of rotatable bonds is 5. The second kappa shape index (κ2) is 7.53. The van der Waals surface area contributed by atoms with Gasteiger partial charge in [-0.1, -0.05) is 35.9 Å². The molecule has 8 nitrogen and oxygen atoms in total. The van der Waals surface area contributed by atoms with Gasteiger partial charge in [-0.3, -0.25) is 15.0 Å². The Morgan fingerprint density at radius 3 is 2.75 bits per heavy atom. The fraction of sp³-hybridized carbons (Fsp3) is 0.0526. The summed E-state index contributed by atoms with van der Waals surface area (Å²) in [5, 5.41) is 5.01. The molecule has 9 heteroatoms. The highest BCUT2D eigenvalue weighted by Gasteiger charge is 2.13. The second-order valence-electron chi connectivity index (χ2n) is 5.83. The van der Waals surface area contributed by atoms with E-state index in [-0.39, 0.29) is 12.0 Å². The number of amides is 1. The number of hydrogen-bond acceptors (Lipinski definition) is 5. The Balaban J connectivity index is 1.55. The van der Waals surface area contributed by atoms with E-state index in [1.165, 1.54) is 17.2 Å². The molecule has 2 aromatic heterocycles. The molecule has 0 saturated carbocycles. The number of carbonyl (C=O) groups is 1. The quantitative estimate of drug-likeness (QED) is 0.560. The van der Waals surface area contributed by atoms with Crippen LogP contribution in [0.15, 0.2) is 71.9 Å². The Kier molecular flexibility index (Phi) is 4.77. The van der Waals surface area contributed by atoms with E-state index in [2.05, 4.69) is 15.5 Å². The molecule has 4 rings (SSSR count). The minimum absolute atomic E-state index is 0.240. The highest BCUT2D eigenvalue weighted by Crippen LogP contribution is 2.17. The summed E-state index contributed by atoms with van der Waals surface area (Å²) in [5.74, 6) is 0.0655. The van der Waals surface area contributed by atoms with E-state index in [1.807, 2.05) is 6.07 Å². The first-order valence-corrected chi connectivity index (χ1v) is 8.68. The average Bonchev–Trinajstić information content (AvgIpc) is 3.14. The van der Waals surface area contributed by atoms with Crippen molar-refractivity contribution in [2.45, 2.75) is 0 Å². The Morgan fingerprint density at radius 1 is 1.14 bits per heavy atom. The molecule has 0 atom stereocenters. The minimum atomic E-state index is -0.491. The maximum atomic E-state index is 12.6. The number of nitrogens with zero attached hydrogens (tertiary/aromatic N) is 4. The average molecular weight is 396 g/mol. The van der Waals surface area contributed by atoms with E-state index >= 15 is 0 Å². The van der Waals surface area contributed by atoms with Crippen LogP contribution in [0.2, 0.25) is 5.02 Å². The summed E-state index contributed by atoms with van der Waals surface area (Å²) >= 11 is 6.01. The molecule has 0 aliphatic rings. The van der Waals surface area contributed by atoms with Crippen molar-refractivity contribution in [1.82, 2.24) is 19.4 Å². The first-order valence-electron chi connectivity index (χ1n) is 8.31. The summed E-state index contributed by atoms with van der Waals surface area (Å²) in [6, 6.07) is 15.9. The van der Waals surface area contributed by atoms with Crippen molar-refractivity contribution in [2.24, 2.45) is 0 Å². The molecular weight excluding hydrogens is 382 g/mol. The normalized spacial score (nSPS) is 10.8. The van der Waals surface area contributed by atoms with Crippen LogP contribution < -0.4 is 15.7 Å². The minimum Gasteiger partial charge on any atom is -0.484 e. The zero-order valence-electron chi connectivity index (χ0n) is 14.4. The lowest BCUT2D eigenvalue weighted by molar-refractivity contribution is -0.119. The zero-order valence-corrected chi connectivity index (χ0v) is 15.2. The van der Waals surface area contributed by atoms with Crippen LogP contribution in [0.4, 0.5) is 0 Å². The molecule has 1 N–H and O–H groups in total. The molecule has 0 aliphatic heterocycles. The first-order chi connectivity index (χ1) is 13.6. The molecular formula is C19H14ClN5O3. The molecule has 0 spiro atoms. The molecule has 4 aromatic rings. The summed E-state index contributed by atoms with van der Waals surface area (Å²) in [6.45, 7) is -0.240. The van der Waals surface area contributed by atoms with E-state index in [1.54, 1.807) is 48.5 Å². The van der Waals surface area contributed by atoms with Gasteiger partial charge in [0.15, 0.2) is 12.3 Å². The Morgan fingerprint density at radius 2 is 1.96 bits per heavy atom. The Labute approximate surface area is 163 Å². The van der Waals surface area contributed by atoms with E-state index in [0.717, 1.165) is 4.68 Å². The highest BCUT2D eigenvalue weighted by molar-refractivity contribution is 6.30. The van der Waals surface area contributed by atoms with Gasteiger partial charge in [-0.25, -0.2) is 14.3 Å². The maximum Gasteiger partial charge on any atom is 0.283 e. The van der Waals surface area contributed by atoms with Crippen molar-refractivity contribution < 1.29 is 9.53 Å². The molecule has 0 bridgehead atoms. The number of carbonyl (C=O) groups excluding carboxylic acids is 1. The van der Waals surface area contributed by atoms with Gasteiger partial charge in [-0.2, -0.15) is 5.10 Å². The van der Waals surface area contributed by atoms with Crippen LogP contribution in [0, 0.1) is 0 Å². The van der Waals surface area contributed by atoms with Crippen molar-refractivity contribution in [3.8, 4) is 11.4 Å². The van der Waals surface area contributed by atoms with Crippen molar-refractivity contribution in [1.29, 1.82) is 0 Å². The van der Waals surface area contributed by atoms with Crippen molar-refractivity contribution >= 4 is 28.5 Å². The number of para-hydroxylation sites is 1. The molecule has 2 heterocycles. The smallest absolute Gasteiger partial charge is 0.283 e. The molecule has 1 amide bonds. The molecule has 0 unspecified atom stereocenters. The van der Waals surface area contributed by atoms with Gasteiger partial charge in [0.1, 0.15) is 17.5 Å². The number of nitrogens with one attached hydrogen (secondary N) is 1. The summed E-state index contributed by atoms with van der Waals surface area (Å²) in [7, 11) is 0. The number of fused-ring (bicyclic) bond motifs is 1.